The second-order valence-corrected chi connectivity index (χ2v) is 6.62. The molecule has 0 radical (unpaired) electrons. The highest BCUT2D eigenvalue weighted by Crippen LogP contribution is 2.26. The predicted octanol–water partition coefficient (Wildman–Crippen LogP) is 3.97. The number of thioether (sulfide) groups is 1. The quantitative estimate of drug-likeness (QED) is 0.418. The molecule has 2 rings (SSSR count). The molecular formula is C12H15F9N2O4S2. The highest BCUT2D eigenvalue weighted by atomic mass is 32.2. The number of hydrogen-bond acceptors (Lipinski definition) is 6. The fourth-order valence-corrected chi connectivity index (χ4v) is 3.46. The Bertz CT molecular complexity index is 466. The monoisotopic (exact) mass is 486 g/mol. The molecule has 6 nitrogen and oxygen atoms in total. The Labute approximate surface area is 166 Å². The van der Waals surface area contributed by atoms with E-state index in [2.05, 4.69) is 0 Å². The molecule has 4 amide bonds. The van der Waals surface area contributed by atoms with Gasteiger partial charge in [-0.15, -0.1) is 0 Å². The van der Waals surface area contributed by atoms with E-state index in [1.54, 1.807) is 6.26 Å². The van der Waals surface area contributed by atoms with Gasteiger partial charge in [0.05, 0.1) is 23.8 Å². The number of carbonyl (C=O) groups is 4. The van der Waals surface area contributed by atoms with E-state index >= 15 is 0 Å². The van der Waals surface area contributed by atoms with Gasteiger partial charge in [0.1, 0.15) is 5.25 Å². The molecule has 2 atom stereocenters. The van der Waals surface area contributed by atoms with Crippen LogP contribution in [0.4, 0.5) is 40.5 Å². The van der Waals surface area contributed by atoms with Gasteiger partial charge in [0.25, 0.3) is 0 Å². The molecule has 17 heteroatoms. The summed E-state index contributed by atoms with van der Waals surface area (Å²) >= 11 is 1.21. The lowest BCUT2D eigenvalue weighted by atomic mass is 10.3. The standard InChI is InChI=1S/C12H15FN2O4S2.4F2/c1-20-7-5-9(16)14(11(7)18)3-2-4-15-10(17)6-8(21-13)12(15)19;4*1-2/h7-8H,2-6H2,1H3;;;;. The molecular weight excluding hydrogens is 471 g/mol. The summed E-state index contributed by atoms with van der Waals surface area (Å²) in [6.45, 7) is 0.287. The van der Waals surface area contributed by atoms with Crippen molar-refractivity contribution in [2.24, 2.45) is 0 Å². The van der Waals surface area contributed by atoms with Crippen LogP contribution >= 0.6 is 23.9 Å². The second-order valence-electron chi connectivity index (χ2n) is 4.83. The Kier molecular flexibility index (Phi) is 21.7. The van der Waals surface area contributed by atoms with Crippen LogP contribution in [-0.2, 0) is 19.2 Å². The van der Waals surface area contributed by atoms with E-state index in [4.69, 9.17) is 36.6 Å². The molecule has 2 fully saturated rings. The van der Waals surface area contributed by atoms with Crippen molar-refractivity contribution in [2.75, 3.05) is 19.3 Å². The Morgan fingerprint density at radius 2 is 1.10 bits per heavy atom. The van der Waals surface area contributed by atoms with Crippen molar-refractivity contribution >= 4 is 47.5 Å². The van der Waals surface area contributed by atoms with Crippen LogP contribution in [0, 0.1) is 0 Å². The molecule has 2 aliphatic rings. The Morgan fingerprint density at radius 1 is 0.759 bits per heavy atom. The van der Waals surface area contributed by atoms with Gasteiger partial charge < -0.3 is 0 Å². The number of imide groups is 2. The highest BCUT2D eigenvalue weighted by molar-refractivity contribution is 8.00. The largest absolute Gasteiger partial charge is 0.282 e. The Hall–Kier alpha value is -1.65. The van der Waals surface area contributed by atoms with Crippen molar-refractivity contribution in [3.63, 3.8) is 0 Å². The highest BCUT2D eigenvalue weighted by Gasteiger charge is 2.40. The zero-order valence-electron chi connectivity index (χ0n) is 14.4. The van der Waals surface area contributed by atoms with E-state index in [1.807, 2.05) is 0 Å². The summed E-state index contributed by atoms with van der Waals surface area (Å²) in [5.74, 6) is -1.39. The van der Waals surface area contributed by atoms with Gasteiger partial charge >= 0.3 is 0 Å². The van der Waals surface area contributed by atoms with Gasteiger partial charge in [-0.3, -0.25) is 29.0 Å². The maximum Gasteiger partial charge on any atom is 0.245 e. The first-order chi connectivity index (χ1) is 14.0. The van der Waals surface area contributed by atoms with E-state index in [0.29, 0.717) is 6.42 Å². The van der Waals surface area contributed by atoms with Gasteiger partial charge in [0, 0.05) is 56.1 Å². The predicted molar refractivity (Wildman–Crippen MR) is 85.9 cm³/mol. The minimum absolute atomic E-state index is 0.107. The first kappa shape index (κ1) is 32.0. The van der Waals surface area contributed by atoms with Crippen LogP contribution in [0.2, 0.25) is 0 Å². The summed E-state index contributed by atoms with van der Waals surface area (Å²) in [5.41, 5.74) is 0. The fourth-order valence-electron chi connectivity index (χ4n) is 2.42. The third-order valence-electron chi connectivity index (χ3n) is 3.56. The molecule has 2 saturated heterocycles. The van der Waals surface area contributed by atoms with Crippen LogP contribution in [0.25, 0.3) is 0 Å². The minimum atomic E-state index is -0.951. The molecule has 0 aliphatic carbocycles. The number of nitrogens with zero attached hydrogens (tertiary/aromatic N) is 2. The lowest BCUT2D eigenvalue weighted by molar-refractivity contribution is -0.138. The van der Waals surface area contributed by atoms with Crippen molar-refractivity contribution in [3.8, 4) is 0 Å². The molecule has 29 heavy (non-hydrogen) atoms. The first-order valence-electron chi connectivity index (χ1n) is 7.05. The summed E-state index contributed by atoms with van der Waals surface area (Å²) in [6, 6.07) is 0. The molecule has 0 aromatic rings. The van der Waals surface area contributed by atoms with Gasteiger partial charge in [-0.2, -0.15) is 15.6 Å². The number of likely N-dealkylation sites (tertiary alicyclic amines) is 2. The first-order valence-corrected chi connectivity index (χ1v) is 9.12. The lowest BCUT2D eigenvalue weighted by Crippen LogP contribution is -2.37. The van der Waals surface area contributed by atoms with Crippen LogP contribution in [0.1, 0.15) is 19.3 Å². The van der Waals surface area contributed by atoms with Crippen molar-refractivity contribution in [1.82, 2.24) is 9.80 Å². The summed E-state index contributed by atoms with van der Waals surface area (Å²) < 4.78 is 76.5. The summed E-state index contributed by atoms with van der Waals surface area (Å²) in [7, 11) is 0. The van der Waals surface area contributed by atoms with Gasteiger partial charge in [-0.1, -0.05) is 0 Å². The average Bonchev–Trinajstić information content (AvgIpc) is 3.22. The summed E-state index contributed by atoms with van der Waals surface area (Å²) in [4.78, 5) is 49.0. The van der Waals surface area contributed by atoms with Gasteiger partial charge in [-0.25, -0.2) is 0 Å². The fraction of sp³-hybridized carbons (Fsp3) is 0.667. The van der Waals surface area contributed by atoms with E-state index in [-0.39, 0.29) is 55.1 Å². The zero-order valence-corrected chi connectivity index (χ0v) is 16.1. The normalized spacial score (nSPS) is 19.9. The SMILES string of the molecule is CSC1CC(=O)N(CCCN2C(=O)CC(SF)C2=O)C1=O.FF.FF.FF.FF. The molecule has 2 unspecified atom stereocenters. The van der Waals surface area contributed by atoms with Gasteiger partial charge in [0.2, 0.25) is 23.6 Å². The van der Waals surface area contributed by atoms with E-state index in [0.717, 1.165) is 4.90 Å². The van der Waals surface area contributed by atoms with E-state index < -0.39 is 17.1 Å². The lowest BCUT2D eigenvalue weighted by Gasteiger charge is -2.18. The maximum absolute atomic E-state index is 12.5. The molecule has 2 heterocycles. The molecule has 0 spiro atoms. The third kappa shape index (κ3) is 9.60. The maximum atomic E-state index is 12.5. The Balaban J connectivity index is -0.000000754. The van der Waals surface area contributed by atoms with Crippen LogP contribution in [0.5, 0.6) is 0 Å². The number of rotatable bonds is 6. The number of amides is 4. The number of halogens is 9. The molecule has 0 bridgehead atoms. The zero-order chi connectivity index (χ0) is 23.6. The minimum Gasteiger partial charge on any atom is -0.282 e. The van der Waals surface area contributed by atoms with Crippen LogP contribution in [0.15, 0.2) is 0 Å². The van der Waals surface area contributed by atoms with Gasteiger partial charge in [0.15, 0.2) is 0 Å². The molecule has 0 N–H and O–H groups in total. The second kappa shape index (κ2) is 19.7. The van der Waals surface area contributed by atoms with Crippen molar-refractivity contribution in [1.29, 1.82) is 0 Å². The smallest absolute Gasteiger partial charge is 0.245 e. The number of carbonyl (C=O) groups excluding carboxylic acids is 4. The average molecular weight is 486 g/mol. The molecule has 0 saturated carbocycles. The van der Waals surface area contributed by atoms with Crippen molar-refractivity contribution < 1.29 is 59.7 Å². The third-order valence-corrected chi connectivity index (χ3v) is 5.08. The van der Waals surface area contributed by atoms with Crippen LogP contribution in [0.3, 0.4) is 0 Å². The van der Waals surface area contributed by atoms with Crippen molar-refractivity contribution in [2.45, 2.75) is 29.8 Å². The van der Waals surface area contributed by atoms with Crippen molar-refractivity contribution in [3.05, 3.63) is 0 Å². The van der Waals surface area contributed by atoms with Crippen LogP contribution < -0.4 is 0 Å². The summed E-state index contributed by atoms with van der Waals surface area (Å²) in [6.07, 6.45) is 2.16. The van der Waals surface area contributed by atoms with Crippen LogP contribution in [-0.4, -0.2) is 63.3 Å². The number of hydrogen-bond donors (Lipinski definition) is 0. The van der Waals surface area contributed by atoms with Gasteiger partial charge in [-0.05, 0) is 12.7 Å². The molecule has 172 valence electrons. The molecule has 2 aliphatic heterocycles. The molecule has 0 aromatic heterocycles. The van der Waals surface area contributed by atoms with E-state index in [9.17, 15) is 23.1 Å². The summed E-state index contributed by atoms with van der Waals surface area (Å²) in [5, 5.41) is -1.28. The molecule has 0 aromatic carbocycles. The topological polar surface area (TPSA) is 74.8 Å². The Morgan fingerprint density at radius 3 is 1.38 bits per heavy atom. The van der Waals surface area contributed by atoms with E-state index in [1.165, 1.54) is 16.7 Å².